The molecule has 2 aromatic carbocycles. The zero-order chi connectivity index (χ0) is 20.4. The van der Waals surface area contributed by atoms with Gasteiger partial charge in [0.15, 0.2) is 17.5 Å². The van der Waals surface area contributed by atoms with Crippen LogP contribution >= 0.6 is 0 Å². The van der Waals surface area contributed by atoms with E-state index in [-0.39, 0.29) is 6.10 Å². The summed E-state index contributed by atoms with van der Waals surface area (Å²) in [6.45, 7) is 7.91. The largest absolute Gasteiger partial charge is 0.493 e. The van der Waals surface area contributed by atoms with Crippen molar-refractivity contribution in [3.63, 3.8) is 0 Å². The van der Waals surface area contributed by atoms with Crippen molar-refractivity contribution in [2.45, 2.75) is 40.0 Å². The van der Waals surface area contributed by atoms with Crippen molar-refractivity contribution in [2.24, 2.45) is 4.99 Å². The number of rotatable bonds is 9. The molecule has 0 unspecified atom stereocenters. The van der Waals surface area contributed by atoms with Gasteiger partial charge < -0.3 is 24.8 Å². The molecular weight excluding hydrogens is 354 g/mol. The minimum atomic E-state index is 0.233. The predicted molar refractivity (Wildman–Crippen MR) is 114 cm³/mol. The first-order chi connectivity index (χ1) is 13.5. The van der Waals surface area contributed by atoms with Crippen molar-refractivity contribution in [1.82, 2.24) is 5.32 Å². The lowest BCUT2D eigenvalue weighted by Crippen LogP contribution is -2.30. The van der Waals surface area contributed by atoms with Gasteiger partial charge in [0.1, 0.15) is 0 Å². The number of anilines is 1. The van der Waals surface area contributed by atoms with Gasteiger partial charge in [-0.2, -0.15) is 0 Å². The van der Waals surface area contributed by atoms with E-state index in [4.69, 9.17) is 14.2 Å². The average Bonchev–Trinajstić information content (AvgIpc) is 2.71. The van der Waals surface area contributed by atoms with Crippen LogP contribution in [0.4, 0.5) is 5.69 Å². The summed E-state index contributed by atoms with van der Waals surface area (Å²) in [5, 5.41) is 6.59. The first-order valence-electron chi connectivity index (χ1n) is 9.53. The number of guanidine groups is 1. The highest BCUT2D eigenvalue weighted by molar-refractivity contribution is 5.93. The summed E-state index contributed by atoms with van der Waals surface area (Å²) in [7, 11) is 3.37. The molecular formula is C22H31N3O3. The van der Waals surface area contributed by atoms with Crippen LogP contribution in [0.25, 0.3) is 0 Å². The van der Waals surface area contributed by atoms with Gasteiger partial charge in [0.25, 0.3) is 0 Å². The molecule has 6 nitrogen and oxygen atoms in total. The fourth-order valence-electron chi connectivity index (χ4n) is 2.54. The molecule has 0 atom stereocenters. The molecule has 0 radical (unpaired) electrons. The summed E-state index contributed by atoms with van der Waals surface area (Å²) in [6.07, 6.45) is 0.233. The molecule has 0 amide bonds. The normalized spacial score (nSPS) is 11.4. The van der Waals surface area contributed by atoms with E-state index in [1.54, 1.807) is 14.2 Å². The summed E-state index contributed by atoms with van der Waals surface area (Å²) in [6, 6.07) is 14.1. The number of ether oxygens (including phenoxy) is 3. The highest BCUT2D eigenvalue weighted by Gasteiger charge is 2.07. The number of methoxy groups -OCH3 is 1. The molecule has 6 heteroatoms. The highest BCUT2D eigenvalue weighted by Crippen LogP contribution is 2.30. The second-order valence-corrected chi connectivity index (χ2v) is 6.53. The Kier molecular flexibility index (Phi) is 8.62. The van der Waals surface area contributed by atoms with E-state index in [1.807, 2.05) is 39.0 Å². The van der Waals surface area contributed by atoms with Crippen LogP contribution in [-0.2, 0) is 17.9 Å². The van der Waals surface area contributed by atoms with E-state index in [9.17, 15) is 0 Å². The van der Waals surface area contributed by atoms with Gasteiger partial charge in [0.2, 0.25) is 0 Å². The maximum absolute atomic E-state index is 5.63. The highest BCUT2D eigenvalue weighted by atomic mass is 16.5. The number of nitrogens with zero attached hydrogens (tertiary/aromatic N) is 1. The molecule has 0 bridgehead atoms. The number of nitrogens with one attached hydrogen (secondary N) is 2. The SMILES string of the molecule is CCOc1ccc(NC(=NC)NCc2ccc(COC(C)C)cc2)cc1OC. The van der Waals surface area contributed by atoms with Crippen molar-refractivity contribution >= 4 is 11.6 Å². The Labute approximate surface area is 167 Å². The van der Waals surface area contributed by atoms with Crippen LogP contribution in [0.1, 0.15) is 31.9 Å². The van der Waals surface area contributed by atoms with Gasteiger partial charge in [-0.3, -0.25) is 4.99 Å². The first-order valence-corrected chi connectivity index (χ1v) is 9.53. The summed E-state index contributed by atoms with van der Waals surface area (Å²) < 4.78 is 16.6. The van der Waals surface area contributed by atoms with Crippen molar-refractivity contribution in [3.05, 3.63) is 53.6 Å². The van der Waals surface area contributed by atoms with Gasteiger partial charge in [0.05, 0.1) is 26.4 Å². The molecule has 0 aliphatic heterocycles. The molecule has 2 N–H and O–H groups in total. The average molecular weight is 386 g/mol. The van der Waals surface area contributed by atoms with E-state index in [2.05, 4.69) is 39.9 Å². The van der Waals surface area contributed by atoms with Crippen molar-refractivity contribution in [2.75, 3.05) is 26.1 Å². The summed E-state index contributed by atoms with van der Waals surface area (Å²) in [5.74, 6) is 2.08. The number of aliphatic imine (C=N–C) groups is 1. The summed E-state index contributed by atoms with van der Waals surface area (Å²) in [4.78, 5) is 4.28. The molecule has 0 aromatic heterocycles. The van der Waals surface area contributed by atoms with E-state index < -0.39 is 0 Å². The Morgan fingerprint density at radius 1 is 1.04 bits per heavy atom. The van der Waals surface area contributed by atoms with Gasteiger partial charge in [-0.15, -0.1) is 0 Å². The molecule has 0 aliphatic carbocycles. The Morgan fingerprint density at radius 3 is 2.36 bits per heavy atom. The van der Waals surface area contributed by atoms with Gasteiger partial charge in [-0.1, -0.05) is 24.3 Å². The fraction of sp³-hybridized carbons (Fsp3) is 0.409. The second kappa shape index (κ2) is 11.2. The monoisotopic (exact) mass is 385 g/mol. The first kappa shape index (κ1) is 21.6. The van der Waals surface area contributed by atoms with Crippen LogP contribution in [0, 0.1) is 0 Å². The zero-order valence-electron chi connectivity index (χ0n) is 17.4. The van der Waals surface area contributed by atoms with Crippen LogP contribution in [0.2, 0.25) is 0 Å². The van der Waals surface area contributed by atoms with Crippen molar-refractivity contribution in [1.29, 1.82) is 0 Å². The molecule has 152 valence electrons. The smallest absolute Gasteiger partial charge is 0.195 e. The zero-order valence-corrected chi connectivity index (χ0v) is 17.4. The van der Waals surface area contributed by atoms with Crippen LogP contribution in [0.15, 0.2) is 47.5 Å². The standard InChI is InChI=1S/C22H31N3O3/c1-6-27-20-12-11-19(13-21(20)26-5)25-22(23-4)24-14-17-7-9-18(10-8-17)15-28-16(2)3/h7-13,16H,6,14-15H2,1-5H3,(H2,23,24,25). The third-order valence-electron chi connectivity index (χ3n) is 4.02. The number of hydrogen-bond acceptors (Lipinski definition) is 4. The van der Waals surface area contributed by atoms with Crippen molar-refractivity contribution in [3.8, 4) is 11.5 Å². The molecule has 2 rings (SSSR count). The number of hydrogen-bond donors (Lipinski definition) is 2. The van der Waals surface area contributed by atoms with E-state index >= 15 is 0 Å². The summed E-state index contributed by atoms with van der Waals surface area (Å²) >= 11 is 0. The minimum Gasteiger partial charge on any atom is -0.493 e. The second-order valence-electron chi connectivity index (χ2n) is 6.53. The van der Waals surface area contributed by atoms with Gasteiger partial charge >= 0.3 is 0 Å². The topological polar surface area (TPSA) is 64.1 Å². The maximum atomic E-state index is 5.63. The predicted octanol–water partition coefficient (Wildman–Crippen LogP) is 4.21. The van der Waals surface area contributed by atoms with E-state index in [0.29, 0.717) is 31.5 Å². The molecule has 0 saturated carbocycles. The Hall–Kier alpha value is -2.73. The Balaban J connectivity index is 1.92. The van der Waals surface area contributed by atoms with E-state index in [0.717, 1.165) is 11.4 Å². The van der Waals surface area contributed by atoms with Crippen LogP contribution in [0.5, 0.6) is 11.5 Å². The van der Waals surface area contributed by atoms with Gasteiger partial charge in [0, 0.05) is 25.3 Å². The molecule has 28 heavy (non-hydrogen) atoms. The lowest BCUT2D eigenvalue weighted by molar-refractivity contribution is 0.0657. The third kappa shape index (κ3) is 6.78. The molecule has 0 spiro atoms. The van der Waals surface area contributed by atoms with E-state index in [1.165, 1.54) is 11.1 Å². The molecule has 0 aliphatic rings. The minimum absolute atomic E-state index is 0.233. The number of benzene rings is 2. The summed E-state index contributed by atoms with van der Waals surface area (Å²) in [5.41, 5.74) is 3.21. The van der Waals surface area contributed by atoms with Crippen LogP contribution < -0.4 is 20.1 Å². The fourth-order valence-corrected chi connectivity index (χ4v) is 2.54. The molecule has 0 fully saturated rings. The molecule has 0 saturated heterocycles. The third-order valence-corrected chi connectivity index (χ3v) is 4.02. The Bertz CT molecular complexity index is 758. The van der Waals surface area contributed by atoms with Gasteiger partial charge in [-0.25, -0.2) is 0 Å². The maximum Gasteiger partial charge on any atom is 0.195 e. The van der Waals surface area contributed by atoms with Crippen LogP contribution in [0.3, 0.4) is 0 Å². The van der Waals surface area contributed by atoms with Gasteiger partial charge in [-0.05, 0) is 44.0 Å². The lowest BCUT2D eigenvalue weighted by Gasteiger charge is -2.15. The van der Waals surface area contributed by atoms with Crippen LogP contribution in [-0.4, -0.2) is 32.8 Å². The van der Waals surface area contributed by atoms with Crippen molar-refractivity contribution < 1.29 is 14.2 Å². The Morgan fingerprint density at radius 2 is 1.75 bits per heavy atom. The molecule has 0 heterocycles. The lowest BCUT2D eigenvalue weighted by atomic mass is 10.1. The molecule has 2 aromatic rings. The quantitative estimate of drug-likeness (QED) is 0.500.